The van der Waals surface area contributed by atoms with E-state index >= 15 is 0 Å². The Hall–Kier alpha value is -2.12. The van der Waals surface area contributed by atoms with Gasteiger partial charge in [0, 0.05) is 0 Å². The molecular formula is C10H8F4N2O2. The highest BCUT2D eigenvalue weighted by atomic mass is 19.2. The van der Waals surface area contributed by atoms with Crippen LogP contribution in [0.15, 0.2) is 11.8 Å². The minimum absolute atomic E-state index is 0.375. The van der Waals surface area contributed by atoms with Crippen molar-refractivity contribution >= 4 is 11.7 Å². The van der Waals surface area contributed by atoms with Crippen LogP contribution in [0.25, 0.3) is 0 Å². The molecule has 0 amide bonds. The van der Waals surface area contributed by atoms with E-state index in [1.807, 2.05) is 5.32 Å². The number of nitrogens with zero attached hydrogens (tertiary/aromatic N) is 1. The third kappa shape index (κ3) is 2.58. The van der Waals surface area contributed by atoms with Gasteiger partial charge in [0.25, 0.3) is 11.9 Å². The average Bonchev–Trinajstić information content (AvgIpc) is 2.36. The predicted octanol–water partition coefficient (Wildman–Crippen LogP) is 2.13. The number of carbonyl (C=O) groups is 1. The SMILES string of the molecule is C/C=C(\Nc1c(F)c(F)nc(F)c1F)C(=O)OC. The molecule has 0 radical (unpaired) electrons. The smallest absolute Gasteiger partial charge is 0.354 e. The van der Waals surface area contributed by atoms with Crippen molar-refractivity contribution in [3.63, 3.8) is 0 Å². The van der Waals surface area contributed by atoms with Crippen LogP contribution in [-0.4, -0.2) is 18.1 Å². The van der Waals surface area contributed by atoms with E-state index in [1.165, 1.54) is 6.92 Å². The van der Waals surface area contributed by atoms with E-state index in [1.54, 1.807) is 0 Å². The van der Waals surface area contributed by atoms with Crippen LogP contribution in [0.3, 0.4) is 0 Å². The normalized spacial score (nSPS) is 11.3. The zero-order valence-corrected chi connectivity index (χ0v) is 9.35. The van der Waals surface area contributed by atoms with Crippen LogP contribution in [0.4, 0.5) is 23.2 Å². The molecule has 0 aliphatic rings. The first-order valence-electron chi connectivity index (χ1n) is 4.64. The quantitative estimate of drug-likeness (QED) is 0.393. The van der Waals surface area contributed by atoms with E-state index < -0.39 is 35.2 Å². The number of ether oxygens (including phenoxy) is 1. The highest BCUT2D eigenvalue weighted by Crippen LogP contribution is 2.23. The summed E-state index contributed by atoms with van der Waals surface area (Å²) in [4.78, 5) is 13.5. The average molecular weight is 264 g/mol. The van der Waals surface area contributed by atoms with Crippen LogP contribution in [0, 0.1) is 23.5 Å². The molecule has 0 bridgehead atoms. The van der Waals surface area contributed by atoms with Gasteiger partial charge in [-0.25, -0.2) is 4.79 Å². The molecule has 0 saturated carbocycles. The second-order valence-electron chi connectivity index (χ2n) is 3.02. The minimum Gasteiger partial charge on any atom is -0.464 e. The number of aromatic nitrogens is 1. The van der Waals surface area contributed by atoms with E-state index in [0.29, 0.717) is 0 Å². The van der Waals surface area contributed by atoms with Crippen LogP contribution in [-0.2, 0) is 9.53 Å². The first-order valence-corrected chi connectivity index (χ1v) is 4.64. The Kier molecular flexibility index (Phi) is 4.24. The number of halogens is 4. The van der Waals surface area contributed by atoms with Gasteiger partial charge in [0.05, 0.1) is 7.11 Å². The topological polar surface area (TPSA) is 51.2 Å². The Labute approximate surface area is 99.3 Å². The largest absolute Gasteiger partial charge is 0.464 e. The molecule has 98 valence electrons. The second-order valence-corrected chi connectivity index (χ2v) is 3.02. The van der Waals surface area contributed by atoms with Gasteiger partial charge in [-0.2, -0.15) is 22.5 Å². The van der Waals surface area contributed by atoms with Crippen molar-refractivity contribution in [1.29, 1.82) is 0 Å². The molecule has 1 N–H and O–H groups in total. The summed E-state index contributed by atoms with van der Waals surface area (Å²) in [6, 6.07) is 0. The molecular weight excluding hydrogens is 256 g/mol. The summed E-state index contributed by atoms with van der Waals surface area (Å²) in [7, 11) is 1.04. The maximum Gasteiger partial charge on any atom is 0.354 e. The lowest BCUT2D eigenvalue weighted by Crippen LogP contribution is -2.16. The molecule has 0 saturated heterocycles. The number of pyridine rings is 1. The van der Waals surface area contributed by atoms with Crippen molar-refractivity contribution < 1.29 is 27.1 Å². The third-order valence-electron chi connectivity index (χ3n) is 1.95. The minimum atomic E-state index is -1.82. The van der Waals surface area contributed by atoms with Crippen LogP contribution < -0.4 is 5.32 Å². The van der Waals surface area contributed by atoms with Gasteiger partial charge in [-0.05, 0) is 6.92 Å². The molecule has 0 spiro atoms. The van der Waals surface area contributed by atoms with Crippen molar-refractivity contribution in [2.75, 3.05) is 12.4 Å². The van der Waals surface area contributed by atoms with E-state index in [9.17, 15) is 22.4 Å². The van der Waals surface area contributed by atoms with Crippen LogP contribution in [0.2, 0.25) is 0 Å². The molecule has 1 aromatic heterocycles. The first-order chi connectivity index (χ1) is 8.42. The number of anilines is 1. The predicted molar refractivity (Wildman–Crippen MR) is 53.5 cm³/mol. The number of nitrogens with one attached hydrogen (secondary N) is 1. The van der Waals surface area contributed by atoms with Gasteiger partial charge in [0.1, 0.15) is 11.4 Å². The molecule has 1 aromatic rings. The lowest BCUT2D eigenvalue weighted by atomic mass is 10.3. The maximum absolute atomic E-state index is 13.2. The van der Waals surface area contributed by atoms with E-state index in [-0.39, 0.29) is 5.70 Å². The molecule has 18 heavy (non-hydrogen) atoms. The summed E-state index contributed by atoms with van der Waals surface area (Å²) in [5, 5.41) is 1.91. The van der Waals surface area contributed by atoms with Gasteiger partial charge >= 0.3 is 5.97 Å². The van der Waals surface area contributed by atoms with Gasteiger partial charge in [-0.15, -0.1) is 0 Å². The number of methoxy groups -OCH3 is 1. The number of esters is 1. The van der Waals surface area contributed by atoms with Gasteiger partial charge in [-0.3, -0.25) is 0 Å². The Balaban J connectivity index is 3.23. The Bertz CT molecular complexity index is 491. The van der Waals surface area contributed by atoms with Crippen molar-refractivity contribution in [2.45, 2.75) is 6.92 Å². The molecule has 0 atom stereocenters. The highest BCUT2D eigenvalue weighted by molar-refractivity contribution is 5.91. The van der Waals surface area contributed by atoms with Gasteiger partial charge in [-0.1, -0.05) is 6.08 Å². The summed E-state index contributed by atoms with van der Waals surface area (Å²) in [6.45, 7) is 1.36. The Morgan fingerprint density at radius 1 is 1.22 bits per heavy atom. The summed E-state index contributed by atoms with van der Waals surface area (Å²) < 4.78 is 56.3. The standard InChI is InChI=1S/C10H8F4N2O2/c1-3-4(10(17)18-2)15-7-5(11)8(13)16-9(14)6(7)12/h3H,1-2H3,(H,15,16)/b4-3-. The fourth-order valence-electron chi connectivity index (χ4n) is 1.08. The van der Waals surface area contributed by atoms with Crippen LogP contribution in [0.1, 0.15) is 6.92 Å². The molecule has 1 heterocycles. The fourth-order valence-corrected chi connectivity index (χ4v) is 1.08. The molecule has 0 aliphatic carbocycles. The lowest BCUT2D eigenvalue weighted by molar-refractivity contribution is -0.135. The summed E-state index contributed by atoms with van der Waals surface area (Å²) in [5.74, 6) is -8.07. The molecule has 0 unspecified atom stereocenters. The number of allylic oxidation sites excluding steroid dienone is 1. The highest BCUT2D eigenvalue weighted by Gasteiger charge is 2.22. The van der Waals surface area contributed by atoms with Crippen LogP contribution in [0.5, 0.6) is 0 Å². The fraction of sp³-hybridized carbons (Fsp3) is 0.200. The number of hydrogen-bond acceptors (Lipinski definition) is 4. The summed E-state index contributed by atoms with van der Waals surface area (Å²) in [5.41, 5.74) is -1.53. The molecule has 0 fully saturated rings. The molecule has 4 nitrogen and oxygen atoms in total. The number of rotatable bonds is 3. The molecule has 8 heteroatoms. The van der Waals surface area contributed by atoms with Crippen molar-refractivity contribution in [2.24, 2.45) is 0 Å². The summed E-state index contributed by atoms with van der Waals surface area (Å²) in [6.07, 6.45) is 1.13. The maximum atomic E-state index is 13.2. The van der Waals surface area contributed by atoms with E-state index in [4.69, 9.17) is 0 Å². The van der Waals surface area contributed by atoms with Gasteiger partial charge in [0.2, 0.25) is 11.6 Å². The van der Waals surface area contributed by atoms with Gasteiger partial charge in [0.15, 0.2) is 0 Å². The lowest BCUT2D eigenvalue weighted by Gasteiger charge is -2.10. The van der Waals surface area contributed by atoms with Crippen LogP contribution >= 0.6 is 0 Å². The van der Waals surface area contributed by atoms with E-state index in [2.05, 4.69) is 9.72 Å². The van der Waals surface area contributed by atoms with Crippen molar-refractivity contribution in [3.8, 4) is 0 Å². The summed E-state index contributed by atoms with van der Waals surface area (Å²) >= 11 is 0. The monoisotopic (exact) mass is 264 g/mol. The molecule has 0 aliphatic heterocycles. The van der Waals surface area contributed by atoms with E-state index in [0.717, 1.165) is 13.2 Å². The van der Waals surface area contributed by atoms with Crippen molar-refractivity contribution in [3.05, 3.63) is 35.3 Å². The second kappa shape index (κ2) is 5.48. The Morgan fingerprint density at radius 2 is 1.72 bits per heavy atom. The molecule has 1 rings (SSSR count). The number of hydrogen-bond donors (Lipinski definition) is 1. The third-order valence-corrected chi connectivity index (χ3v) is 1.95. The van der Waals surface area contributed by atoms with Crippen molar-refractivity contribution in [1.82, 2.24) is 4.98 Å². The zero-order valence-electron chi connectivity index (χ0n) is 9.35. The Morgan fingerprint density at radius 3 is 2.11 bits per heavy atom. The zero-order chi connectivity index (χ0) is 13.9. The number of carbonyl (C=O) groups excluding carboxylic acids is 1. The molecule has 0 aromatic carbocycles. The van der Waals surface area contributed by atoms with Gasteiger partial charge < -0.3 is 10.1 Å². The first kappa shape index (κ1) is 13.9.